The number of aromatic nitrogens is 2. The standard InChI is InChI=1S/C25H24N4O3/c1-16-5-11-21(13-17(16)2)28(3)24(30)19-8-12-23-26-14-22(29(23)15-19)18-6-9-20(10-7-18)27-25(31)32-4/h5-15H,1-4H3,(H,27,31). The van der Waals surface area contributed by atoms with E-state index in [1.807, 2.05) is 54.6 Å². The van der Waals surface area contributed by atoms with E-state index in [4.69, 9.17) is 0 Å². The number of anilines is 2. The third-order valence-electron chi connectivity index (χ3n) is 5.55. The lowest BCUT2D eigenvalue weighted by Crippen LogP contribution is -2.26. The summed E-state index contributed by atoms with van der Waals surface area (Å²) in [5, 5.41) is 2.63. The molecule has 162 valence electrons. The smallest absolute Gasteiger partial charge is 0.411 e. The molecule has 4 aromatic rings. The molecule has 0 aliphatic rings. The zero-order valence-corrected chi connectivity index (χ0v) is 18.4. The van der Waals surface area contributed by atoms with Crippen molar-refractivity contribution in [3.8, 4) is 11.3 Å². The second-order valence-corrected chi connectivity index (χ2v) is 7.62. The molecular weight excluding hydrogens is 404 g/mol. The fraction of sp³-hybridized carbons (Fsp3) is 0.160. The van der Waals surface area contributed by atoms with Crippen LogP contribution >= 0.6 is 0 Å². The number of imidazole rings is 1. The lowest BCUT2D eigenvalue weighted by atomic mass is 10.1. The molecule has 0 radical (unpaired) electrons. The Labute approximate surface area is 186 Å². The molecule has 2 heterocycles. The lowest BCUT2D eigenvalue weighted by Gasteiger charge is -2.19. The first-order chi connectivity index (χ1) is 15.4. The molecule has 2 aromatic heterocycles. The van der Waals surface area contributed by atoms with E-state index in [1.54, 1.807) is 42.5 Å². The summed E-state index contributed by atoms with van der Waals surface area (Å²) >= 11 is 0. The second kappa shape index (κ2) is 8.55. The van der Waals surface area contributed by atoms with Gasteiger partial charge in [-0.05, 0) is 61.4 Å². The van der Waals surface area contributed by atoms with Crippen LogP contribution in [0.1, 0.15) is 21.5 Å². The quantitative estimate of drug-likeness (QED) is 0.492. The van der Waals surface area contributed by atoms with Crippen LogP contribution in [0.5, 0.6) is 0 Å². The highest BCUT2D eigenvalue weighted by atomic mass is 16.5. The number of methoxy groups -OCH3 is 1. The highest BCUT2D eigenvalue weighted by molar-refractivity contribution is 6.05. The van der Waals surface area contributed by atoms with Gasteiger partial charge in [0.1, 0.15) is 5.65 Å². The van der Waals surface area contributed by atoms with Gasteiger partial charge in [-0.25, -0.2) is 9.78 Å². The number of carbonyl (C=O) groups excluding carboxylic acids is 2. The van der Waals surface area contributed by atoms with E-state index in [9.17, 15) is 9.59 Å². The Morgan fingerprint density at radius 2 is 1.75 bits per heavy atom. The third kappa shape index (κ3) is 4.05. The Kier molecular flexibility index (Phi) is 5.64. The lowest BCUT2D eigenvalue weighted by molar-refractivity contribution is 0.0992. The monoisotopic (exact) mass is 428 g/mol. The minimum Gasteiger partial charge on any atom is -0.453 e. The number of hydrogen-bond acceptors (Lipinski definition) is 4. The minimum atomic E-state index is -0.524. The van der Waals surface area contributed by atoms with Gasteiger partial charge in [-0.15, -0.1) is 0 Å². The predicted octanol–water partition coefficient (Wildman–Crippen LogP) is 5.07. The van der Waals surface area contributed by atoms with Crippen molar-refractivity contribution in [2.24, 2.45) is 0 Å². The normalized spacial score (nSPS) is 10.8. The molecular formula is C25H24N4O3. The van der Waals surface area contributed by atoms with Crippen molar-refractivity contribution in [2.45, 2.75) is 13.8 Å². The SMILES string of the molecule is COC(=O)Nc1ccc(-c2cnc3ccc(C(=O)N(C)c4ccc(C)c(C)c4)cn23)cc1. The molecule has 0 aliphatic carbocycles. The Balaban J connectivity index is 1.64. The summed E-state index contributed by atoms with van der Waals surface area (Å²) in [6.07, 6.45) is 3.04. The molecule has 0 saturated carbocycles. The van der Waals surface area contributed by atoms with Crippen LogP contribution in [0.25, 0.3) is 16.9 Å². The summed E-state index contributed by atoms with van der Waals surface area (Å²) in [5.41, 5.74) is 6.83. The predicted molar refractivity (Wildman–Crippen MR) is 125 cm³/mol. The molecule has 0 saturated heterocycles. The van der Waals surface area contributed by atoms with E-state index in [2.05, 4.69) is 15.0 Å². The maximum atomic E-state index is 13.2. The topological polar surface area (TPSA) is 75.9 Å². The molecule has 1 N–H and O–H groups in total. The second-order valence-electron chi connectivity index (χ2n) is 7.62. The number of benzene rings is 2. The van der Waals surface area contributed by atoms with Crippen molar-refractivity contribution in [1.82, 2.24) is 9.38 Å². The number of pyridine rings is 1. The van der Waals surface area contributed by atoms with Gasteiger partial charge in [0.25, 0.3) is 5.91 Å². The number of aryl methyl sites for hydroxylation is 2. The van der Waals surface area contributed by atoms with Gasteiger partial charge in [0.2, 0.25) is 0 Å². The number of carbonyl (C=O) groups is 2. The van der Waals surface area contributed by atoms with Crippen LogP contribution in [-0.2, 0) is 4.74 Å². The van der Waals surface area contributed by atoms with Crippen LogP contribution in [0.15, 0.2) is 67.0 Å². The highest BCUT2D eigenvalue weighted by Crippen LogP contribution is 2.25. The molecule has 7 heteroatoms. The molecule has 2 aromatic carbocycles. The summed E-state index contributed by atoms with van der Waals surface area (Å²) in [4.78, 5) is 30.7. The van der Waals surface area contributed by atoms with Crippen LogP contribution in [-0.4, -0.2) is 35.5 Å². The van der Waals surface area contributed by atoms with Crippen molar-refractivity contribution >= 4 is 29.0 Å². The number of rotatable bonds is 4. The average Bonchev–Trinajstić information content (AvgIpc) is 3.23. The number of amides is 2. The van der Waals surface area contributed by atoms with E-state index in [0.29, 0.717) is 11.3 Å². The molecule has 0 aliphatic heterocycles. The van der Waals surface area contributed by atoms with Crippen LogP contribution in [0.2, 0.25) is 0 Å². The van der Waals surface area contributed by atoms with Gasteiger partial charge in [0.15, 0.2) is 0 Å². The number of nitrogens with zero attached hydrogens (tertiary/aromatic N) is 3. The molecule has 0 atom stereocenters. The fourth-order valence-corrected chi connectivity index (χ4v) is 3.46. The molecule has 0 bridgehead atoms. The average molecular weight is 428 g/mol. The van der Waals surface area contributed by atoms with E-state index >= 15 is 0 Å². The summed E-state index contributed by atoms with van der Waals surface area (Å²) in [6, 6.07) is 16.9. The maximum absolute atomic E-state index is 13.2. The first-order valence-electron chi connectivity index (χ1n) is 10.1. The molecule has 4 rings (SSSR count). The Morgan fingerprint density at radius 1 is 1.00 bits per heavy atom. The number of nitrogens with one attached hydrogen (secondary N) is 1. The maximum Gasteiger partial charge on any atom is 0.411 e. The van der Waals surface area contributed by atoms with Gasteiger partial charge in [-0.2, -0.15) is 0 Å². The summed E-state index contributed by atoms with van der Waals surface area (Å²) < 4.78 is 6.51. The fourth-order valence-electron chi connectivity index (χ4n) is 3.46. The van der Waals surface area contributed by atoms with Gasteiger partial charge in [0, 0.05) is 30.2 Å². The van der Waals surface area contributed by atoms with E-state index in [-0.39, 0.29) is 5.91 Å². The Morgan fingerprint density at radius 3 is 2.44 bits per heavy atom. The largest absolute Gasteiger partial charge is 0.453 e. The molecule has 7 nitrogen and oxygen atoms in total. The number of fused-ring (bicyclic) bond motifs is 1. The van der Waals surface area contributed by atoms with Crippen LogP contribution in [0.4, 0.5) is 16.2 Å². The van der Waals surface area contributed by atoms with Crippen molar-refractivity contribution in [1.29, 1.82) is 0 Å². The van der Waals surface area contributed by atoms with Crippen LogP contribution in [0.3, 0.4) is 0 Å². The highest BCUT2D eigenvalue weighted by Gasteiger charge is 2.16. The summed E-state index contributed by atoms with van der Waals surface area (Å²) in [5.74, 6) is -0.104. The first kappa shape index (κ1) is 21.1. The van der Waals surface area contributed by atoms with E-state index in [1.165, 1.54) is 12.7 Å². The summed E-state index contributed by atoms with van der Waals surface area (Å²) in [6.45, 7) is 4.08. The van der Waals surface area contributed by atoms with Gasteiger partial charge in [-0.3, -0.25) is 14.5 Å². The number of hydrogen-bond donors (Lipinski definition) is 1. The van der Waals surface area contributed by atoms with Crippen molar-refractivity contribution < 1.29 is 14.3 Å². The van der Waals surface area contributed by atoms with E-state index < -0.39 is 6.09 Å². The summed E-state index contributed by atoms with van der Waals surface area (Å²) in [7, 11) is 3.09. The van der Waals surface area contributed by atoms with Crippen LogP contribution in [0, 0.1) is 13.8 Å². The van der Waals surface area contributed by atoms with Crippen molar-refractivity contribution in [2.75, 3.05) is 24.4 Å². The molecule has 0 unspecified atom stereocenters. The molecule has 0 spiro atoms. The first-order valence-corrected chi connectivity index (χ1v) is 10.1. The number of ether oxygens (including phenoxy) is 1. The van der Waals surface area contributed by atoms with Crippen LogP contribution < -0.4 is 10.2 Å². The molecule has 32 heavy (non-hydrogen) atoms. The zero-order valence-electron chi connectivity index (χ0n) is 18.4. The van der Waals surface area contributed by atoms with Crippen molar-refractivity contribution in [3.05, 3.63) is 83.7 Å². The van der Waals surface area contributed by atoms with Gasteiger partial charge in [-0.1, -0.05) is 18.2 Å². The van der Waals surface area contributed by atoms with Gasteiger partial charge >= 0.3 is 6.09 Å². The Bertz CT molecular complexity index is 1310. The van der Waals surface area contributed by atoms with E-state index in [0.717, 1.165) is 28.2 Å². The van der Waals surface area contributed by atoms with Gasteiger partial charge in [0.05, 0.1) is 24.6 Å². The molecule has 0 fully saturated rings. The molecule has 2 amide bonds. The van der Waals surface area contributed by atoms with Crippen molar-refractivity contribution in [3.63, 3.8) is 0 Å². The third-order valence-corrected chi connectivity index (χ3v) is 5.55. The zero-order chi connectivity index (χ0) is 22.8. The Hall–Kier alpha value is -4.13. The minimum absolute atomic E-state index is 0.104. The van der Waals surface area contributed by atoms with Gasteiger partial charge < -0.3 is 9.64 Å².